The van der Waals surface area contributed by atoms with Crippen LogP contribution in [0, 0.1) is 5.92 Å². The van der Waals surface area contributed by atoms with E-state index in [0.29, 0.717) is 29.4 Å². The minimum Gasteiger partial charge on any atom is -0.352 e. The maximum Gasteiger partial charge on any atom is 0.261 e. The lowest BCUT2D eigenvalue weighted by atomic mass is 10.2. The molecule has 0 saturated carbocycles. The topological polar surface area (TPSA) is 104 Å². The first-order valence-corrected chi connectivity index (χ1v) is 9.94. The molecule has 27 heavy (non-hydrogen) atoms. The molecule has 0 aliphatic heterocycles. The SMILES string of the molecule is CC(=O)Nc1ccc(S(=O)(=O)Nc2ccc(C(=O)NCC(C)C)cc2)cc1. The van der Waals surface area contributed by atoms with Crippen LogP contribution in [0.25, 0.3) is 0 Å². The van der Waals surface area contributed by atoms with Crippen LogP contribution in [-0.2, 0) is 14.8 Å². The molecule has 0 atom stereocenters. The van der Waals surface area contributed by atoms with E-state index in [4.69, 9.17) is 0 Å². The van der Waals surface area contributed by atoms with Crippen LogP contribution in [-0.4, -0.2) is 26.8 Å². The molecule has 8 heteroatoms. The smallest absolute Gasteiger partial charge is 0.261 e. The first-order valence-electron chi connectivity index (χ1n) is 8.46. The second kappa shape index (κ2) is 8.68. The van der Waals surface area contributed by atoms with Crippen LogP contribution < -0.4 is 15.4 Å². The molecule has 2 rings (SSSR count). The number of anilines is 2. The first kappa shape index (κ1) is 20.4. The average molecular weight is 389 g/mol. The van der Waals surface area contributed by atoms with E-state index < -0.39 is 10.0 Å². The van der Waals surface area contributed by atoms with Gasteiger partial charge in [0.25, 0.3) is 15.9 Å². The summed E-state index contributed by atoms with van der Waals surface area (Å²) < 4.78 is 27.4. The third-order valence-electron chi connectivity index (χ3n) is 3.56. The zero-order valence-electron chi connectivity index (χ0n) is 15.4. The first-order chi connectivity index (χ1) is 12.7. The van der Waals surface area contributed by atoms with Crippen LogP contribution in [0.2, 0.25) is 0 Å². The zero-order chi connectivity index (χ0) is 20.0. The third kappa shape index (κ3) is 6.10. The lowest BCUT2D eigenvalue weighted by Crippen LogP contribution is -2.27. The van der Waals surface area contributed by atoms with Gasteiger partial charge in [-0.1, -0.05) is 13.8 Å². The Kier molecular flexibility index (Phi) is 6.57. The van der Waals surface area contributed by atoms with Gasteiger partial charge in [-0.25, -0.2) is 8.42 Å². The molecule has 0 aromatic heterocycles. The zero-order valence-corrected chi connectivity index (χ0v) is 16.3. The Labute approximate surface area is 159 Å². The average Bonchev–Trinajstić information content (AvgIpc) is 2.60. The number of nitrogens with one attached hydrogen (secondary N) is 3. The van der Waals surface area contributed by atoms with Crippen molar-refractivity contribution in [3.8, 4) is 0 Å². The fourth-order valence-corrected chi connectivity index (χ4v) is 3.28. The maximum absolute atomic E-state index is 12.5. The molecule has 0 unspecified atom stereocenters. The lowest BCUT2D eigenvalue weighted by molar-refractivity contribution is -0.114. The predicted molar refractivity (Wildman–Crippen MR) is 105 cm³/mol. The van der Waals surface area contributed by atoms with Crippen molar-refractivity contribution in [1.29, 1.82) is 0 Å². The molecular weight excluding hydrogens is 366 g/mol. The maximum atomic E-state index is 12.5. The summed E-state index contributed by atoms with van der Waals surface area (Å²) in [7, 11) is -3.78. The highest BCUT2D eigenvalue weighted by molar-refractivity contribution is 7.92. The Hall–Kier alpha value is -2.87. The molecule has 7 nitrogen and oxygen atoms in total. The number of benzene rings is 2. The van der Waals surface area contributed by atoms with Crippen molar-refractivity contribution in [1.82, 2.24) is 5.32 Å². The van der Waals surface area contributed by atoms with Crippen molar-refractivity contribution >= 4 is 33.2 Å². The van der Waals surface area contributed by atoms with E-state index in [-0.39, 0.29) is 16.7 Å². The van der Waals surface area contributed by atoms with E-state index >= 15 is 0 Å². The molecule has 2 aromatic rings. The molecule has 2 aromatic carbocycles. The van der Waals surface area contributed by atoms with Gasteiger partial charge in [0, 0.05) is 30.4 Å². The van der Waals surface area contributed by atoms with Crippen molar-refractivity contribution in [2.45, 2.75) is 25.7 Å². The molecule has 2 amide bonds. The van der Waals surface area contributed by atoms with Crippen LogP contribution in [0.15, 0.2) is 53.4 Å². The largest absolute Gasteiger partial charge is 0.352 e. The predicted octanol–water partition coefficient (Wildman–Crippen LogP) is 2.83. The molecular formula is C19H23N3O4S. The van der Waals surface area contributed by atoms with Gasteiger partial charge in [0.2, 0.25) is 5.91 Å². The quantitative estimate of drug-likeness (QED) is 0.677. The van der Waals surface area contributed by atoms with Crippen LogP contribution in [0.5, 0.6) is 0 Å². The van der Waals surface area contributed by atoms with Crippen molar-refractivity contribution in [3.05, 3.63) is 54.1 Å². The van der Waals surface area contributed by atoms with Crippen LogP contribution in [0.1, 0.15) is 31.1 Å². The number of rotatable bonds is 7. The molecule has 0 aliphatic rings. The summed E-state index contributed by atoms with van der Waals surface area (Å²) in [6.45, 7) is 5.95. The van der Waals surface area contributed by atoms with Gasteiger partial charge in [-0.05, 0) is 54.4 Å². The Bertz CT molecular complexity index is 905. The number of hydrogen-bond donors (Lipinski definition) is 3. The van der Waals surface area contributed by atoms with Gasteiger partial charge in [0.05, 0.1) is 4.90 Å². The van der Waals surface area contributed by atoms with Gasteiger partial charge in [-0.3, -0.25) is 14.3 Å². The van der Waals surface area contributed by atoms with Crippen LogP contribution in [0.3, 0.4) is 0 Å². The molecule has 0 saturated heterocycles. The summed E-state index contributed by atoms with van der Waals surface area (Å²) in [4.78, 5) is 23.1. The summed E-state index contributed by atoms with van der Waals surface area (Å²) in [5.74, 6) is -0.0926. The van der Waals surface area contributed by atoms with Gasteiger partial charge >= 0.3 is 0 Å². The highest BCUT2D eigenvalue weighted by atomic mass is 32.2. The fourth-order valence-electron chi connectivity index (χ4n) is 2.22. The third-order valence-corrected chi connectivity index (χ3v) is 4.95. The summed E-state index contributed by atoms with van der Waals surface area (Å²) in [6.07, 6.45) is 0. The van der Waals surface area contributed by atoms with Gasteiger partial charge in [0.1, 0.15) is 0 Å². The van der Waals surface area contributed by atoms with Gasteiger partial charge in [-0.15, -0.1) is 0 Å². The molecule has 0 fully saturated rings. The second-order valence-electron chi connectivity index (χ2n) is 6.49. The Balaban J connectivity index is 2.06. The molecule has 0 spiro atoms. The molecule has 0 aliphatic carbocycles. The van der Waals surface area contributed by atoms with Crippen LogP contribution >= 0.6 is 0 Å². The Morgan fingerprint density at radius 2 is 1.48 bits per heavy atom. The monoisotopic (exact) mass is 389 g/mol. The van der Waals surface area contributed by atoms with E-state index in [9.17, 15) is 18.0 Å². The van der Waals surface area contributed by atoms with Gasteiger partial charge in [0.15, 0.2) is 0 Å². The van der Waals surface area contributed by atoms with Crippen molar-refractivity contribution in [2.75, 3.05) is 16.6 Å². The summed E-state index contributed by atoms with van der Waals surface area (Å²) in [5, 5.41) is 5.38. The van der Waals surface area contributed by atoms with Gasteiger partial charge in [-0.2, -0.15) is 0 Å². The van der Waals surface area contributed by atoms with E-state index in [1.54, 1.807) is 12.1 Å². The van der Waals surface area contributed by atoms with E-state index in [1.807, 2.05) is 13.8 Å². The lowest BCUT2D eigenvalue weighted by Gasteiger charge is -2.10. The second-order valence-corrected chi connectivity index (χ2v) is 8.17. The molecule has 3 N–H and O–H groups in total. The number of carbonyl (C=O) groups is 2. The normalized spacial score (nSPS) is 11.1. The van der Waals surface area contributed by atoms with Crippen LogP contribution in [0.4, 0.5) is 11.4 Å². The number of sulfonamides is 1. The number of hydrogen-bond acceptors (Lipinski definition) is 4. The number of amides is 2. The minimum atomic E-state index is -3.78. The fraction of sp³-hybridized carbons (Fsp3) is 0.263. The highest BCUT2D eigenvalue weighted by Crippen LogP contribution is 2.19. The van der Waals surface area contributed by atoms with E-state index in [1.165, 1.54) is 43.3 Å². The number of carbonyl (C=O) groups excluding carboxylic acids is 2. The van der Waals surface area contributed by atoms with Gasteiger partial charge < -0.3 is 10.6 Å². The Morgan fingerprint density at radius 3 is 2.00 bits per heavy atom. The molecule has 0 heterocycles. The van der Waals surface area contributed by atoms with Crippen molar-refractivity contribution in [3.63, 3.8) is 0 Å². The summed E-state index contributed by atoms with van der Waals surface area (Å²) in [5.41, 5.74) is 1.32. The Morgan fingerprint density at radius 1 is 0.926 bits per heavy atom. The van der Waals surface area contributed by atoms with Crippen molar-refractivity contribution < 1.29 is 18.0 Å². The molecule has 0 bridgehead atoms. The van der Waals surface area contributed by atoms with E-state index in [0.717, 1.165) is 0 Å². The summed E-state index contributed by atoms with van der Waals surface area (Å²) >= 11 is 0. The summed E-state index contributed by atoms with van der Waals surface area (Å²) in [6, 6.07) is 12.0. The standard InChI is InChI=1S/C19H23N3O4S/c1-13(2)12-20-19(24)15-4-6-17(7-5-15)22-27(25,26)18-10-8-16(9-11-18)21-14(3)23/h4-11,13,22H,12H2,1-3H3,(H,20,24)(H,21,23). The van der Waals surface area contributed by atoms with E-state index in [2.05, 4.69) is 15.4 Å². The minimum absolute atomic E-state index is 0.0651. The highest BCUT2D eigenvalue weighted by Gasteiger charge is 2.15. The van der Waals surface area contributed by atoms with Crippen molar-refractivity contribution in [2.24, 2.45) is 5.92 Å². The molecule has 0 radical (unpaired) electrons. The molecule has 144 valence electrons.